The number of rotatable bonds is 4. The Labute approximate surface area is 99.7 Å². The Morgan fingerprint density at radius 1 is 1.40 bits per heavy atom. The lowest BCUT2D eigenvalue weighted by atomic mass is 10.1. The molecule has 0 atom stereocenters. The maximum absolute atomic E-state index is 5.82. The Balaban J connectivity index is 2.98. The van der Waals surface area contributed by atoms with E-state index >= 15 is 0 Å². The highest BCUT2D eigenvalue weighted by atomic mass is 79.9. The lowest BCUT2D eigenvalue weighted by Crippen LogP contribution is -2.10. The Hall–Kier alpha value is -0.830. The second kappa shape index (κ2) is 5.91. The van der Waals surface area contributed by atoms with Crippen molar-refractivity contribution in [3.05, 3.63) is 28.2 Å². The maximum Gasteiger partial charge on any atom is 0.0996 e. The van der Waals surface area contributed by atoms with Crippen LogP contribution in [-0.2, 0) is 6.42 Å². The Bertz CT molecular complexity index is 359. The van der Waals surface area contributed by atoms with E-state index in [0.29, 0.717) is 0 Å². The van der Waals surface area contributed by atoms with E-state index in [0.717, 1.165) is 35.3 Å². The van der Waals surface area contributed by atoms with Gasteiger partial charge in [0.1, 0.15) is 0 Å². The molecular formula is C12H17BrN2. The van der Waals surface area contributed by atoms with Crippen molar-refractivity contribution < 1.29 is 0 Å². The van der Waals surface area contributed by atoms with Crippen LogP contribution in [0.3, 0.4) is 0 Å². The third kappa shape index (κ3) is 3.67. The fourth-order valence-corrected chi connectivity index (χ4v) is 1.82. The minimum atomic E-state index is 0.717. The van der Waals surface area contributed by atoms with Crippen LogP contribution in [0.15, 0.2) is 27.7 Å². The first kappa shape index (κ1) is 12.2. The number of hydrogen-bond donors (Lipinski definition) is 1. The van der Waals surface area contributed by atoms with Gasteiger partial charge in [-0.15, -0.1) is 0 Å². The molecular weight excluding hydrogens is 252 g/mol. The van der Waals surface area contributed by atoms with Crippen molar-refractivity contribution in [2.24, 2.45) is 10.7 Å². The smallest absolute Gasteiger partial charge is 0.0996 e. The maximum atomic E-state index is 5.82. The number of nitrogens with zero attached hydrogens (tertiary/aromatic N) is 1. The normalized spacial score (nSPS) is 11.8. The average molecular weight is 269 g/mol. The highest BCUT2D eigenvalue weighted by Crippen LogP contribution is 2.24. The molecule has 0 aliphatic rings. The van der Waals surface area contributed by atoms with Crippen LogP contribution in [0.25, 0.3) is 0 Å². The van der Waals surface area contributed by atoms with Crippen molar-refractivity contribution in [3.8, 4) is 0 Å². The molecule has 0 aliphatic heterocycles. The van der Waals surface area contributed by atoms with Crippen molar-refractivity contribution in [1.29, 1.82) is 0 Å². The highest BCUT2D eigenvalue weighted by Gasteiger charge is 2.01. The quantitative estimate of drug-likeness (QED) is 0.655. The Morgan fingerprint density at radius 2 is 2.13 bits per heavy atom. The van der Waals surface area contributed by atoms with Crippen molar-refractivity contribution in [1.82, 2.24) is 0 Å². The van der Waals surface area contributed by atoms with Crippen LogP contribution in [0.5, 0.6) is 0 Å². The minimum absolute atomic E-state index is 0.717. The second-order valence-corrected chi connectivity index (χ2v) is 4.40. The van der Waals surface area contributed by atoms with E-state index in [4.69, 9.17) is 5.73 Å². The van der Waals surface area contributed by atoms with Gasteiger partial charge in [0.25, 0.3) is 0 Å². The molecule has 0 radical (unpaired) electrons. The Kier molecular flexibility index (Phi) is 4.82. The fourth-order valence-electron chi connectivity index (χ4n) is 1.41. The van der Waals surface area contributed by atoms with Gasteiger partial charge in [-0.3, -0.25) is 0 Å². The van der Waals surface area contributed by atoms with Crippen LogP contribution in [0.4, 0.5) is 5.69 Å². The van der Waals surface area contributed by atoms with Crippen LogP contribution in [0.2, 0.25) is 0 Å². The summed E-state index contributed by atoms with van der Waals surface area (Å²) in [5, 5.41) is 0. The van der Waals surface area contributed by atoms with Gasteiger partial charge in [0.2, 0.25) is 0 Å². The standard InChI is InChI=1S/C12H17BrN2/c1-3-5-12(14)15-11-7-6-10(13)8-9(11)4-2/h6-8H,3-5H2,1-2H3,(H2,14,15). The van der Waals surface area contributed by atoms with E-state index in [-0.39, 0.29) is 0 Å². The summed E-state index contributed by atoms with van der Waals surface area (Å²) in [6.07, 6.45) is 2.87. The predicted molar refractivity (Wildman–Crippen MR) is 69.7 cm³/mol. The fraction of sp³-hybridized carbons (Fsp3) is 0.417. The van der Waals surface area contributed by atoms with E-state index in [2.05, 4.69) is 40.8 Å². The van der Waals surface area contributed by atoms with Crippen LogP contribution >= 0.6 is 15.9 Å². The third-order valence-corrected chi connectivity index (χ3v) is 2.69. The number of amidine groups is 1. The molecule has 0 saturated carbocycles. The van der Waals surface area contributed by atoms with Crippen molar-refractivity contribution in [3.63, 3.8) is 0 Å². The van der Waals surface area contributed by atoms with Gasteiger partial charge in [0.05, 0.1) is 11.5 Å². The molecule has 1 aromatic rings. The summed E-state index contributed by atoms with van der Waals surface area (Å²) in [6.45, 7) is 4.22. The van der Waals surface area contributed by atoms with E-state index in [1.165, 1.54) is 5.56 Å². The van der Waals surface area contributed by atoms with Crippen LogP contribution in [-0.4, -0.2) is 5.84 Å². The van der Waals surface area contributed by atoms with Gasteiger partial charge in [0.15, 0.2) is 0 Å². The first-order chi connectivity index (χ1) is 7.17. The summed E-state index contributed by atoms with van der Waals surface area (Å²) in [5.74, 6) is 0.717. The molecule has 82 valence electrons. The summed E-state index contributed by atoms with van der Waals surface area (Å²) in [5.41, 5.74) is 8.03. The molecule has 1 rings (SSSR count). The molecule has 0 aromatic heterocycles. The molecule has 0 saturated heterocycles. The third-order valence-electron chi connectivity index (χ3n) is 2.19. The molecule has 15 heavy (non-hydrogen) atoms. The van der Waals surface area contributed by atoms with Gasteiger partial charge in [0, 0.05) is 10.9 Å². The topological polar surface area (TPSA) is 38.4 Å². The predicted octanol–water partition coefficient (Wildman–Crippen LogP) is 3.80. The zero-order valence-electron chi connectivity index (χ0n) is 9.26. The second-order valence-electron chi connectivity index (χ2n) is 3.48. The molecule has 0 heterocycles. The molecule has 1 aromatic carbocycles. The van der Waals surface area contributed by atoms with E-state index in [9.17, 15) is 0 Å². The van der Waals surface area contributed by atoms with Crippen LogP contribution in [0.1, 0.15) is 32.3 Å². The summed E-state index contributed by atoms with van der Waals surface area (Å²) in [7, 11) is 0. The van der Waals surface area contributed by atoms with Gasteiger partial charge in [-0.1, -0.05) is 29.8 Å². The number of aliphatic imine (C=N–C) groups is 1. The zero-order chi connectivity index (χ0) is 11.3. The SMILES string of the molecule is CCCC(N)=Nc1ccc(Br)cc1CC. The number of hydrogen-bond acceptors (Lipinski definition) is 1. The van der Waals surface area contributed by atoms with Crippen molar-refractivity contribution >= 4 is 27.5 Å². The highest BCUT2D eigenvalue weighted by molar-refractivity contribution is 9.10. The van der Waals surface area contributed by atoms with Gasteiger partial charge in [-0.2, -0.15) is 0 Å². The average Bonchev–Trinajstić information content (AvgIpc) is 2.21. The number of aryl methyl sites for hydroxylation is 1. The minimum Gasteiger partial charge on any atom is -0.387 e. The van der Waals surface area contributed by atoms with E-state index in [1.807, 2.05) is 12.1 Å². The number of nitrogens with two attached hydrogens (primary N) is 1. The molecule has 0 bridgehead atoms. The van der Waals surface area contributed by atoms with Crippen LogP contribution < -0.4 is 5.73 Å². The summed E-state index contributed by atoms with van der Waals surface area (Å²) >= 11 is 3.45. The molecule has 0 aliphatic carbocycles. The summed E-state index contributed by atoms with van der Waals surface area (Å²) in [6, 6.07) is 6.10. The van der Waals surface area contributed by atoms with Gasteiger partial charge in [-0.05, 0) is 36.6 Å². The number of halogens is 1. The first-order valence-electron chi connectivity index (χ1n) is 5.28. The molecule has 2 N–H and O–H groups in total. The summed E-state index contributed by atoms with van der Waals surface area (Å²) < 4.78 is 1.09. The van der Waals surface area contributed by atoms with E-state index in [1.54, 1.807) is 0 Å². The van der Waals surface area contributed by atoms with Gasteiger partial charge >= 0.3 is 0 Å². The number of benzene rings is 1. The van der Waals surface area contributed by atoms with Crippen molar-refractivity contribution in [2.45, 2.75) is 33.1 Å². The lowest BCUT2D eigenvalue weighted by Gasteiger charge is -2.05. The lowest BCUT2D eigenvalue weighted by molar-refractivity contribution is 0.982. The monoisotopic (exact) mass is 268 g/mol. The van der Waals surface area contributed by atoms with Crippen molar-refractivity contribution in [2.75, 3.05) is 0 Å². The largest absolute Gasteiger partial charge is 0.387 e. The molecule has 0 amide bonds. The van der Waals surface area contributed by atoms with Crippen LogP contribution in [0, 0.1) is 0 Å². The van der Waals surface area contributed by atoms with Gasteiger partial charge < -0.3 is 5.73 Å². The summed E-state index contributed by atoms with van der Waals surface area (Å²) in [4.78, 5) is 4.43. The van der Waals surface area contributed by atoms with Gasteiger partial charge in [-0.25, -0.2) is 4.99 Å². The molecule has 0 fully saturated rings. The molecule has 2 nitrogen and oxygen atoms in total. The first-order valence-corrected chi connectivity index (χ1v) is 6.08. The Morgan fingerprint density at radius 3 is 2.73 bits per heavy atom. The van der Waals surface area contributed by atoms with E-state index < -0.39 is 0 Å². The molecule has 3 heteroatoms. The molecule has 0 spiro atoms. The molecule has 0 unspecified atom stereocenters. The zero-order valence-corrected chi connectivity index (χ0v) is 10.8.